The summed E-state index contributed by atoms with van der Waals surface area (Å²) in [5.41, 5.74) is 1.45. The van der Waals surface area contributed by atoms with Gasteiger partial charge in [-0.2, -0.15) is 0 Å². The van der Waals surface area contributed by atoms with E-state index in [9.17, 15) is 4.79 Å². The van der Waals surface area contributed by atoms with Crippen LogP contribution < -0.4 is 5.32 Å². The van der Waals surface area contributed by atoms with Crippen molar-refractivity contribution < 1.29 is 9.53 Å². The van der Waals surface area contributed by atoms with Crippen LogP contribution in [0.4, 0.5) is 5.82 Å². The predicted molar refractivity (Wildman–Crippen MR) is 116 cm³/mol. The Kier molecular flexibility index (Phi) is 5.61. The molecule has 1 aliphatic carbocycles. The smallest absolute Gasteiger partial charge is 0.228 e. The summed E-state index contributed by atoms with van der Waals surface area (Å²) in [6, 6.07) is 4.43. The number of aromatic nitrogens is 5. The van der Waals surface area contributed by atoms with Crippen LogP contribution in [0, 0.1) is 5.92 Å². The van der Waals surface area contributed by atoms with E-state index in [0.717, 1.165) is 68.5 Å². The molecule has 0 radical (unpaired) electrons. The largest absolute Gasteiger partial charge is 0.379 e. The van der Waals surface area contributed by atoms with Crippen LogP contribution in [0.5, 0.6) is 0 Å². The number of morpholine rings is 1. The van der Waals surface area contributed by atoms with E-state index in [1.54, 1.807) is 17.1 Å². The number of amides is 1. The summed E-state index contributed by atoms with van der Waals surface area (Å²) in [6.07, 6.45) is 9.31. The normalized spacial score (nSPS) is 22.5. The fraction of sp³-hybridized carbons (Fsp3) is 0.500. The van der Waals surface area contributed by atoms with Gasteiger partial charge in [0.2, 0.25) is 5.91 Å². The Morgan fingerprint density at radius 3 is 2.55 bits per heavy atom. The van der Waals surface area contributed by atoms with Crippen molar-refractivity contribution in [3.63, 3.8) is 0 Å². The topological polar surface area (TPSA) is 98.1 Å². The van der Waals surface area contributed by atoms with Crippen molar-refractivity contribution in [1.82, 2.24) is 29.9 Å². The van der Waals surface area contributed by atoms with Gasteiger partial charge in [0.15, 0.2) is 0 Å². The van der Waals surface area contributed by atoms with E-state index in [-0.39, 0.29) is 11.8 Å². The quantitative estimate of drug-likeness (QED) is 0.690. The van der Waals surface area contributed by atoms with Gasteiger partial charge in [-0.05, 0) is 43.2 Å². The molecule has 1 saturated heterocycles. The Hall–Kier alpha value is -2.91. The molecule has 1 amide bonds. The minimum absolute atomic E-state index is 0.0439. The highest BCUT2D eigenvalue weighted by molar-refractivity contribution is 5.94. The zero-order chi connectivity index (χ0) is 21.2. The minimum atomic E-state index is 0.0439. The second-order valence-corrected chi connectivity index (χ2v) is 8.41. The van der Waals surface area contributed by atoms with Crippen molar-refractivity contribution in [1.29, 1.82) is 0 Å². The summed E-state index contributed by atoms with van der Waals surface area (Å²) in [4.78, 5) is 24.2. The molecule has 0 aromatic carbocycles. The van der Waals surface area contributed by atoms with E-state index in [2.05, 4.69) is 30.5 Å². The van der Waals surface area contributed by atoms with Gasteiger partial charge in [0.1, 0.15) is 11.5 Å². The van der Waals surface area contributed by atoms with Gasteiger partial charge < -0.3 is 10.1 Å². The van der Waals surface area contributed by atoms with Crippen molar-refractivity contribution >= 4 is 22.5 Å². The van der Waals surface area contributed by atoms with Crippen LogP contribution in [0.2, 0.25) is 0 Å². The fourth-order valence-corrected chi connectivity index (χ4v) is 4.59. The summed E-state index contributed by atoms with van der Waals surface area (Å²) in [5.74, 6) is 0.682. The number of carbonyl (C=O) groups excluding carboxylic acids is 1. The molecular weight excluding hydrogens is 394 g/mol. The number of carbonyl (C=O) groups is 1. The van der Waals surface area contributed by atoms with Gasteiger partial charge in [0, 0.05) is 49.9 Å². The molecule has 0 spiro atoms. The van der Waals surface area contributed by atoms with Gasteiger partial charge in [-0.15, -0.1) is 5.10 Å². The molecule has 1 aliphatic heterocycles. The van der Waals surface area contributed by atoms with Crippen LogP contribution >= 0.6 is 0 Å². The first-order valence-electron chi connectivity index (χ1n) is 10.9. The average Bonchev–Trinajstić information content (AvgIpc) is 3.25. The highest BCUT2D eigenvalue weighted by Gasteiger charge is 2.30. The van der Waals surface area contributed by atoms with Crippen LogP contribution in [0.15, 0.2) is 30.7 Å². The molecule has 4 heterocycles. The van der Waals surface area contributed by atoms with E-state index in [0.29, 0.717) is 17.6 Å². The van der Waals surface area contributed by atoms with Crippen molar-refractivity contribution in [3.8, 4) is 11.4 Å². The van der Waals surface area contributed by atoms with Crippen LogP contribution in [0.25, 0.3) is 22.2 Å². The number of fused-ring (bicyclic) bond motifs is 1. The molecule has 0 bridgehead atoms. The van der Waals surface area contributed by atoms with E-state index in [1.165, 1.54) is 0 Å². The number of hydrogen-bond acceptors (Lipinski definition) is 7. The molecule has 2 fully saturated rings. The Bertz CT molecular complexity index is 1070. The summed E-state index contributed by atoms with van der Waals surface area (Å²) in [7, 11) is 1.82. The first-order valence-corrected chi connectivity index (χ1v) is 10.9. The van der Waals surface area contributed by atoms with E-state index in [4.69, 9.17) is 4.74 Å². The number of anilines is 1. The van der Waals surface area contributed by atoms with Crippen LogP contribution in [0.3, 0.4) is 0 Å². The summed E-state index contributed by atoms with van der Waals surface area (Å²) >= 11 is 0. The third-order valence-electron chi connectivity index (χ3n) is 6.35. The van der Waals surface area contributed by atoms with Crippen molar-refractivity contribution in [2.45, 2.75) is 31.7 Å². The summed E-state index contributed by atoms with van der Waals surface area (Å²) in [5, 5.41) is 13.0. The number of pyridine rings is 2. The average molecular weight is 422 g/mol. The van der Waals surface area contributed by atoms with Crippen LogP contribution in [0.1, 0.15) is 25.7 Å². The molecule has 9 nitrogen and oxygen atoms in total. The van der Waals surface area contributed by atoms with Gasteiger partial charge in [-0.1, -0.05) is 5.21 Å². The highest BCUT2D eigenvalue weighted by Crippen LogP contribution is 2.29. The molecular formula is C22H27N7O2. The maximum atomic E-state index is 12.9. The van der Waals surface area contributed by atoms with Crippen molar-refractivity contribution in [2.75, 3.05) is 31.6 Å². The lowest BCUT2D eigenvalue weighted by Gasteiger charge is -2.38. The Morgan fingerprint density at radius 2 is 1.81 bits per heavy atom. The van der Waals surface area contributed by atoms with Crippen LogP contribution in [-0.2, 0) is 16.6 Å². The third kappa shape index (κ3) is 4.42. The molecule has 9 heteroatoms. The second-order valence-electron chi connectivity index (χ2n) is 8.41. The molecule has 3 aromatic rings. The Morgan fingerprint density at radius 1 is 1.03 bits per heavy atom. The lowest BCUT2D eigenvalue weighted by atomic mass is 9.84. The standard InChI is InChI=1S/C22H27N7O2/c1-28-14-20(26-27-28)19-10-16-11-21(24-13-17(16)12-23-19)25-22(30)15-2-4-18(5-3-15)29-6-8-31-9-7-29/h10-15,18H,2-9H2,1H3,(H,24,25,30). The number of aryl methyl sites for hydroxylation is 1. The summed E-state index contributed by atoms with van der Waals surface area (Å²) in [6.45, 7) is 3.66. The maximum Gasteiger partial charge on any atom is 0.228 e. The SMILES string of the molecule is Cn1cc(-c2cc3cc(NC(=O)C4CCC(N5CCOCC5)CC4)ncc3cn2)nn1. The molecule has 31 heavy (non-hydrogen) atoms. The second kappa shape index (κ2) is 8.68. The molecule has 5 rings (SSSR count). The molecule has 1 N–H and O–H groups in total. The van der Waals surface area contributed by atoms with Gasteiger partial charge in [-0.25, -0.2) is 4.98 Å². The number of hydrogen-bond donors (Lipinski definition) is 1. The number of nitrogens with zero attached hydrogens (tertiary/aromatic N) is 6. The zero-order valence-corrected chi connectivity index (χ0v) is 17.7. The van der Waals surface area contributed by atoms with E-state index < -0.39 is 0 Å². The Balaban J connectivity index is 1.24. The van der Waals surface area contributed by atoms with Crippen LogP contribution in [-0.4, -0.2) is 68.1 Å². The number of rotatable bonds is 4. The fourth-order valence-electron chi connectivity index (χ4n) is 4.59. The van der Waals surface area contributed by atoms with Crippen molar-refractivity contribution in [2.24, 2.45) is 13.0 Å². The van der Waals surface area contributed by atoms with Crippen molar-refractivity contribution in [3.05, 3.63) is 30.7 Å². The first kappa shape index (κ1) is 20.0. The summed E-state index contributed by atoms with van der Waals surface area (Å²) < 4.78 is 7.10. The minimum Gasteiger partial charge on any atom is -0.379 e. The zero-order valence-electron chi connectivity index (χ0n) is 17.7. The lowest BCUT2D eigenvalue weighted by Crippen LogP contribution is -2.45. The molecule has 2 aliphatic rings. The molecule has 0 unspecified atom stereocenters. The van der Waals surface area contributed by atoms with E-state index in [1.807, 2.05) is 25.4 Å². The highest BCUT2D eigenvalue weighted by atomic mass is 16.5. The molecule has 162 valence electrons. The van der Waals surface area contributed by atoms with Gasteiger partial charge in [-0.3, -0.25) is 19.4 Å². The molecule has 3 aromatic heterocycles. The van der Waals surface area contributed by atoms with Gasteiger partial charge >= 0.3 is 0 Å². The maximum absolute atomic E-state index is 12.9. The predicted octanol–water partition coefficient (Wildman–Crippen LogP) is 2.25. The number of nitrogens with one attached hydrogen (secondary N) is 1. The number of ether oxygens (including phenoxy) is 1. The van der Waals surface area contributed by atoms with Gasteiger partial charge in [0.05, 0.1) is 25.1 Å². The molecule has 1 saturated carbocycles. The molecule has 0 atom stereocenters. The van der Waals surface area contributed by atoms with Gasteiger partial charge in [0.25, 0.3) is 0 Å². The van der Waals surface area contributed by atoms with E-state index >= 15 is 0 Å². The first-order chi connectivity index (χ1) is 15.2. The monoisotopic (exact) mass is 421 g/mol. The Labute approximate surface area is 180 Å². The lowest BCUT2D eigenvalue weighted by molar-refractivity contribution is -0.121. The third-order valence-corrected chi connectivity index (χ3v) is 6.35.